The number of para-hydroxylation sites is 1. The number of hydrogen-bond donors (Lipinski definition) is 1. The van der Waals surface area contributed by atoms with Gasteiger partial charge >= 0.3 is 5.69 Å². The van der Waals surface area contributed by atoms with Crippen LogP contribution in [0.2, 0.25) is 0 Å². The largest absolute Gasteiger partial charge is 0.364 e. The molecule has 0 spiro atoms. The molecule has 1 aliphatic rings. The molecule has 2 rings (SSSR count). The SMILES string of the molecule is CC1CN(c2cccc(F)c2[N+](=O)[O-])CC1N. The predicted molar refractivity (Wildman–Crippen MR) is 62.4 cm³/mol. The fraction of sp³-hybridized carbons (Fsp3) is 0.455. The zero-order chi connectivity index (χ0) is 12.6. The summed E-state index contributed by atoms with van der Waals surface area (Å²) in [6.45, 7) is 3.12. The van der Waals surface area contributed by atoms with E-state index in [1.54, 1.807) is 11.0 Å². The van der Waals surface area contributed by atoms with Crippen molar-refractivity contribution in [2.45, 2.75) is 13.0 Å². The van der Waals surface area contributed by atoms with Crippen LogP contribution in [-0.2, 0) is 0 Å². The average molecular weight is 239 g/mol. The van der Waals surface area contributed by atoms with Gasteiger partial charge in [-0.15, -0.1) is 0 Å². The Balaban J connectivity index is 2.39. The number of benzene rings is 1. The number of anilines is 1. The Morgan fingerprint density at radius 2 is 2.24 bits per heavy atom. The molecular formula is C11H14FN3O2. The predicted octanol–water partition coefficient (Wildman–Crippen LogP) is 1.52. The number of rotatable bonds is 2. The lowest BCUT2D eigenvalue weighted by atomic mass is 10.1. The van der Waals surface area contributed by atoms with Crippen molar-refractivity contribution in [2.24, 2.45) is 11.7 Å². The molecule has 17 heavy (non-hydrogen) atoms. The van der Waals surface area contributed by atoms with Crippen LogP contribution >= 0.6 is 0 Å². The van der Waals surface area contributed by atoms with Crippen LogP contribution in [-0.4, -0.2) is 24.1 Å². The van der Waals surface area contributed by atoms with Crippen molar-refractivity contribution in [3.8, 4) is 0 Å². The number of hydrogen-bond acceptors (Lipinski definition) is 4. The minimum atomic E-state index is -0.805. The zero-order valence-electron chi connectivity index (χ0n) is 9.47. The van der Waals surface area contributed by atoms with Gasteiger partial charge in [-0.25, -0.2) is 0 Å². The first-order valence-corrected chi connectivity index (χ1v) is 5.44. The summed E-state index contributed by atoms with van der Waals surface area (Å²) in [5, 5.41) is 10.9. The lowest BCUT2D eigenvalue weighted by Gasteiger charge is -2.17. The molecule has 2 atom stereocenters. The standard InChI is InChI=1S/C11H14FN3O2/c1-7-5-14(6-9(7)13)10-4-2-3-8(12)11(10)15(16)17/h2-4,7,9H,5-6,13H2,1H3. The van der Waals surface area contributed by atoms with Gasteiger partial charge < -0.3 is 10.6 Å². The zero-order valence-corrected chi connectivity index (χ0v) is 9.47. The molecule has 0 saturated carbocycles. The average Bonchev–Trinajstić information content (AvgIpc) is 2.58. The molecular weight excluding hydrogens is 225 g/mol. The number of nitro benzene ring substituents is 1. The van der Waals surface area contributed by atoms with Gasteiger partial charge in [0.25, 0.3) is 0 Å². The monoisotopic (exact) mass is 239 g/mol. The molecule has 6 heteroatoms. The summed E-state index contributed by atoms with van der Waals surface area (Å²) in [7, 11) is 0. The van der Waals surface area contributed by atoms with Gasteiger partial charge in [-0.2, -0.15) is 4.39 Å². The Kier molecular flexibility index (Phi) is 2.97. The maximum Gasteiger partial charge on any atom is 0.327 e. The van der Waals surface area contributed by atoms with Gasteiger partial charge in [-0.1, -0.05) is 13.0 Å². The first kappa shape index (κ1) is 11.8. The van der Waals surface area contributed by atoms with Crippen LogP contribution in [0.25, 0.3) is 0 Å². The van der Waals surface area contributed by atoms with Crippen LogP contribution in [0.15, 0.2) is 18.2 Å². The molecule has 2 unspecified atom stereocenters. The summed E-state index contributed by atoms with van der Waals surface area (Å²) in [5.74, 6) is -0.557. The summed E-state index contributed by atoms with van der Waals surface area (Å²) >= 11 is 0. The second-order valence-corrected chi connectivity index (χ2v) is 4.41. The molecule has 1 saturated heterocycles. The fourth-order valence-corrected chi connectivity index (χ4v) is 2.13. The highest BCUT2D eigenvalue weighted by Crippen LogP contribution is 2.33. The molecule has 1 aromatic carbocycles. The smallest absolute Gasteiger partial charge is 0.327 e. The van der Waals surface area contributed by atoms with E-state index < -0.39 is 16.4 Å². The fourth-order valence-electron chi connectivity index (χ4n) is 2.13. The van der Waals surface area contributed by atoms with Crippen LogP contribution in [0.5, 0.6) is 0 Å². The summed E-state index contributed by atoms with van der Waals surface area (Å²) in [4.78, 5) is 12.0. The van der Waals surface area contributed by atoms with Gasteiger partial charge in [0.15, 0.2) is 0 Å². The molecule has 0 aromatic heterocycles. The molecule has 1 aliphatic heterocycles. The molecule has 1 fully saturated rings. The number of nitrogens with zero attached hydrogens (tertiary/aromatic N) is 2. The van der Waals surface area contributed by atoms with Gasteiger partial charge in [0.2, 0.25) is 5.82 Å². The molecule has 92 valence electrons. The minimum Gasteiger partial charge on any atom is -0.364 e. The van der Waals surface area contributed by atoms with Gasteiger partial charge in [0, 0.05) is 19.1 Å². The van der Waals surface area contributed by atoms with Crippen LogP contribution in [0, 0.1) is 21.8 Å². The van der Waals surface area contributed by atoms with E-state index in [1.807, 2.05) is 6.92 Å². The van der Waals surface area contributed by atoms with Gasteiger partial charge in [-0.05, 0) is 18.1 Å². The van der Waals surface area contributed by atoms with E-state index in [0.29, 0.717) is 18.8 Å². The summed E-state index contributed by atoms with van der Waals surface area (Å²) < 4.78 is 13.4. The molecule has 0 radical (unpaired) electrons. The van der Waals surface area contributed by atoms with Crippen molar-refractivity contribution in [2.75, 3.05) is 18.0 Å². The van der Waals surface area contributed by atoms with E-state index in [4.69, 9.17) is 5.73 Å². The van der Waals surface area contributed by atoms with Crippen LogP contribution in [0.4, 0.5) is 15.8 Å². The second-order valence-electron chi connectivity index (χ2n) is 4.41. The molecule has 0 amide bonds. The van der Waals surface area contributed by atoms with E-state index in [2.05, 4.69) is 0 Å². The Hall–Kier alpha value is -1.69. The highest BCUT2D eigenvalue weighted by atomic mass is 19.1. The van der Waals surface area contributed by atoms with Crippen LogP contribution < -0.4 is 10.6 Å². The highest BCUT2D eigenvalue weighted by Gasteiger charge is 2.32. The maximum atomic E-state index is 13.4. The lowest BCUT2D eigenvalue weighted by molar-refractivity contribution is -0.386. The van der Waals surface area contributed by atoms with Gasteiger partial charge in [-0.3, -0.25) is 10.1 Å². The van der Waals surface area contributed by atoms with Crippen molar-refractivity contribution in [3.05, 3.63) is 34.1 Å². The van der Waals surface area contributed by atoms with E-state index in [-0.39, 0.29) is 12.0 Å². The normalized spacial score (nSPS) is 24.1. The number of halogens is 1. The molecule has 2 N–H and O–H groups in total. The Bertz CT molecular complexity index is 442. The van der Waals surface area contributed by atoms with E-state index in [0.717, 1.165) is 6.07 Å². The van der Waals surface area contributed by atoms with Crippen LogP contribution in [0.1, 0.15) is 6.92 Å². The van der Waals surface area contributed by atoms with E-state index >= 15 is 0 Å². The Labute approximate surface area is 98.2 Å². The highest BCUT2D eigenvalue weighted by molar-refractivity contribution is 5.64. The maximum absolute atomic E-state index is 13.4. The third-order valence-corrected chi connectivity index (χ3v) is 3.16. The molecule has 0 aliphatic carbocycles. The van der Waals surface area contributed by atoms with E-state index in [9.17, 15) is 14.5 Å². The number of nitro groups is 1. The summed E-state index contributed by atoms with van der Waals surface area (Å²) in [6.07, 6.45) is 0. The molecule has 0 bridgehead atoms. The second kappa shape index (κ2) is 4.29. The van der Waals surface area contributed by atoms with Gasteiger partial charge in [0.1, 0.15) is 5.69 Å². The lowest BCUT2D eigenvalue weighted by Crippen LogP contribution is -2.28. The molecule has 1 heterocycles. The first-order chi connectivity index (χ1) is 8.00. The third-order valence-electron chi connectivity index (χ3n) is 3.16. The minimum absolute atomic E-state index is 0.0297. The van der Waals surface area contributed by atoms with Crippen molar-refractivity contribution in [3.63, 3.8) is 0 Å². The summed E-state index contributed by atoms with van der Waals surface area (Å²) in [6, 6.07) is 4.11. The first-order valence-electron chi connectivity index (χ1n) is 5.44. The summed E-state index contributed by atoms with van der Waals surface area (Å²) in [5.41, 5.74) is 5.72. The van der Waals surface area contributed by atoms with Crippen molar-refractivity contribution < 1.29 is 9.31 Å². The van der Waals surface area contributed by atoms with Crippen LogP contribution in [0.3, 0.4) is 0 Å². The van der Waals surface area contributed by atoms with E-state index in [1.165, 1.54) is 6.07 Å². The topological polar surface area (TPSA) is 72.4 Å². The van der Waals surface area contributed by atoms with Crippen molar-refractivity contribution >= 4 is 11.4 Å². The third kappa shape index (κ3) is 2.08. The Morgan fingerprint density at radius 1 is 1.53 bits per heavy atom. The Morgan fingerprint density at radius 3 is 2.76 bits per heavy atom. The number of nitrogens with two attached hydrogens (primary N) is 1. The van der Waals surface area contributed by atoms with Crippen molar-refractivity contribution in [1.29, 1.82) is 0 Å². The van der Waals surface area contributed by atoms with Crippen molar-refractivity contribution in [1.82, 2.24) is 0 Å². The quantitative estimate of drug-likeness (QED) is 0.627. The molecule has 1 aromatic rings. The van der Waals surface area contributed by atoms with Gasteiger partial charge in [0.05, 0.1) is 4.92 Å². The molecule has 5 nitrogen and oxygen atoms in total.